The topological polar surface area (TPSA) is 116 Å². The number of aryl methyl sites for hydroxylation is 1. The van der Waals surface area contributed by atoms with Gasteiger partial charge in [-0.25, -0.2) is 4.39 Å². The number of pyridine rings is 2. The molecule has 3 aliphatic rings. The van der Waals surface area contributed by atoms with Crippen molar-refractivity contribution in [2.24, 2.45) is 10.8 Å². The highest BCUT2D eigenvalue weighted by Gasteiger charge is 2.45. The Hall–Kier alpha value is -5.83. The normalized spacial score (nSPS) is 16.5. The number of hydrogen-bond donors (Lipinski definition) is 4. The van der Waals surface area contributed by atoms with Crippen LogP contribution >= 0.6 is 0 Å². The second-order valence-corrected chi connectivity index (χ2v) is 15.6. The second kappa shape index (κ2) is 13.6. The number of fused-ring (bicyclic) bond motifs is 2. The summed E-state index contributed by atoms with van der Waals surface area (Å²) in [6.07, 6.45) is 13.5. The zero-order chi connectivity index (χ0) is 36.7. The Morgan fingerprint density at radius 1 is 0.660 bits per heavy atom. The number of nitrogens with zero attached hydrogens (tertiary/aromatic N) is 2. The quantitative estimate of drug-likeness (QED) is 0.137. The number of H-pyrrole nitrogens is 2. The molecule has 9 rings (SSSR count). The standard InChI is InChI=1S/C22H22FN3O.C22H21N3O/c1-13-8-15(23)10-16(9-13)25-21-19-17(11-22(2,3)12-18(19)27)26-20(21)14-4-6-24-7-5-14;26-18-14-22(9-4-10-22)13-17-19(18)21(24-16-5-2-1-3-6-16)20(25-17)15-7-11-23-12-8-15/h4-10,25-26H,11-12H2,1-3H3;1-3,5-8,11-12,24-25H,4,9-10,13-14H2. The van der Waals surface area contributed by atoms with Gasteiger partial charge in [-0.3, -0.25) is 19.6 Å². The number of rotatable bonds is 6. The van der Waals surface area contributed by atoms with Gasteiger partial charge in [-0.1, -0.05) is 38.5 Å². The molecule has 2 aromatic carbocycles. The number of Topliss-reactive ketones (excluding diaryl/α,β-unsaturated/α-hetero) is 2. The van der Waals surface area contributed by atoms with E-state index < -0.39 is 0 Å². The Morgan fingerprint density at radius 3 is 1.75 bits per heavy atom. The second-order valence-electron chi connectivity index (χ2n) is 15.6. The Kier molecular flexibility index (Phi) is 8.80. The number of ketones is 2. The van der Waals surface area contributed by atoms with Crippen LogP contribution in [0.25, 0.3) is 22.5 Å². The van der Waals surface area contributed by atoms with E-state index in [0.29, 0.717) is 29.8 Å². The van der Waals surface area contributed by atoms with Gasteiger partial charge < -0.3 is 20.6 Å². The third kappa shape index (κ3) is 6.91. The first-order valence-corrected chi connectivity index (χ1v) is 18.3. The Bertz CT molecular complexity index is 2290. The molecule has 268 valence electrons. The van der Waals surface area contributed by atoms with E-state index in [0.717, 1.165) is 69.2 Å². The SMILES string of the molecule is Cc1cc(F)cc(Nc2c(-c3ccncc3)[nH]c3c2C(=O)CC(C)(C)C3)c1.O=C1CC2(CCC2)Cc2[nH]c(-c3ccncc3)c(Nc3ccccc3)c21. The number of carbonyl (C=O) groups excluding carboxylic acids is 2. The van der Waals surface area contributed by atoms with Crippen molar-refractivity contribution in [3.05, 3.63) is 131 Å². The molecular formula is C44H43FN6O2. The summed E-state index contributed by atoms with van der Waals surface area (Å²) in [4.78, 5) is 41.3. The summed E-state index contributed by atoms with van der Waals surface area (Å²) < 4.78 is 13.9. The van der Waals surface area contributed by atoms with E-state index in [4.69, 9.17) is 0 Å². The lowest BCUT2D eigenvalue weighted by molar-refractivity contribution is 0.0709. The van der Waals surface area contributed by atoms with Crippen LogP contribution in [0, 0.1) is 23.6 Å². The molecule has 6 aromatic rings. The van der Waals surface area contributed by atoms with Gasteiger partial charge in [0.15, 0.2) is 11.6 Å². The molecule has 4 heterocycles. The molecule has 0 amide bonds. The summed E-state index contributed by atoms with van der Waals surface area (Å²) in [6.45, 7) is 6.05. The molecule has 0 saturated heterocycles. The van der Waals surface area contributed by atoms with Crippen LogP contribution in [0.5, 0.6) is 0 Å². The van der Waals surface area contributed by atoms with Crippen LogP contribution in [0.1, 0.15) is 83.6 Å². The number of nitrogens with one attached hydrogen (secondary N) is 4. The Labute approximate surface area is 308 Å². The van der Waals surface area contributed by atoms with Crippen molar-refractivity contribution >= 4 is 34.3 Å². The summed E-state index contributed by atoms with van der Waals surface area (Å²) in [6, 6.07) is 22.6. The minimum absolute atomic E-state index is 0.0861. The largest absolute Gasteiger partial charge is 0.356 e. The summed E-state index contributed by atoms with van der Waals surface area (Å²) >= 11 is 0. The molecule has 0 aliphatic heterocycles. The molecule has 4 N–H and O–H groups in total. The van der Waals surface area contributed by atoms with E-state index in [9.17, 15) is 14.0 Å². The first-order chi connectivity index (χ1) is 25.6. The molecule has 9 heteroatoms. The van der Waals surface area contributed by atoms with Gasteiger partial charge in [-0.15, -0.1) is 0 Å². The van der Waals surface area contributed by atoms with Crippen molar-refractivity contribution < 1.29 is 14.0 Å². The van der Waals surface area contributed by atoms with E-state index in [2.05, 4.69) is 44.4 Å². The van der Waals surface area contributed by atoms with E-state index in [1.807, 2.05) is 67.6 Å². The lowest BCUT2D eigenvalue weighted by atomic mass is 9.60. The number of carbonyl (C=O) groups is 2. The molecule has 4 aromatic heterocycles. The highest BCUT2D eigenvalue weighted by molar-refractivity contribution is 6.08. The van der Waals surface area contributed by atoms with Crippen LogP contribution in [-0.4, -0.2) is 31.5 Å². The average Bonchev–Trinajstić information content (AvgIpc) is 3.66. The number of hydrogen-bond acceptors (Lipinski definition) is 6. The predicted molar refractivity (Wildman–Crippen MR) is 208 cm³/mol. The number of para-hydroxylation sites is 1. The highest BCUT2D eigenvalue weighted by atomic mass is 19.1. The van der Waals surface area contributed by atoms with Gasteiger partial charge in [-0.05, 0) is 104 Å². The molecule has 8 nitrogen and oxygen atoms in total. The first kappa shape index (κ1) is 34.3. The van der Waals surface area contributed by atoms with Gasteiger partial charge in [0, 0.05) is 71.5 Å². The van der Waals surface area contributed by atoms with Gasteiger partial charge >= 0.3 is 0 Å². The van der Waals surface area contributed by atoms with Gasteiger partial charge in [0.1, 0.15) is 5.82 Å². The number of aromatic nitrogens is 4. The summed E-state index contributed by atoms with van der Waals surface area (Å²) in [5.41, 5.74) is 11.5. The third-order valence-electron chi connectivity index (χ3n) is 10.8. The number of anilines is 4. The lowest BCUT2D eigenvalue weighted by Gasteiger charge is -2.44. The van der Waals surface area contributed by atoms with E-state index in [1.54, 1.807) is 24.8 Å². The van der Waals surface area contributed by atoms with Gasteiger partial charge in [0.25, 0.3) is 0 Å². The fraction of sp³-hybridized carbons (Fsp3) is 0.273. The zero-order valence-electron chi connectivity index (χ0n) is 30.3. The Morgan fingerprint density at radius 2 is 1.21 bits per heavy atom. The van der Waals surface area contributed by atoms with E-state index >= 15 is 0 Å². The van der Waals surface area contributed by atoms with E-state index in [-0.39, 0.29) is 28.2 Å². The van der Waals surface area contributed by atoms with E-state index in [1.165, 1.54) is 31.4 Å². The number of halogens is 1. The fourth-order valence-corrected chi connectivity index (χ4v) is 8.28. The van der Waals surface area contributed by atoms with Crippen molar-refractivity contribution in [3.63, 3.8) is 0 Å². The van der Waals surface area contributed by atoms with Crippen molar-refractivity contribution in [1.29, 1.82) is 0 Å². The summed E-state index contributed by atoms with van der Waals surface area (Å²) in [5.74, 6) is 0.0641. The Balaban J connectivity index is 0.000000151. The molecule has 1 saturated carbocycles. The highest BCUT2D eigenvalue weighted by Crippen LogP contribution is 2.52. The molecule has 0 radical (unpaired) electrons. The maximum Gasteiger partial charge on any atom is 0.167 e. The molecule has 1 spiro atoms. The van der Waals surface area contributed by atoms with Crippen LogP contribution < -0.4 is 10.6 Å². The number of benzene rings is 2. The third-order valence-corrected chi connectivity index (χ3v) is 10.8. The van der Waals surface area contributed by atoms with Crippen LogP contribution in [0.3, 0.4) is 0 Å². The zero-order valence-corrected chi connectivity index (χ0v) is 30.3. The molecule has 53 heavy (non-hydrogen) atoms. The van der Waals surface area contributed by atoms with Crippen molar-refractivity contribution in [2.75, 3.05) is 10.6 Å². The fourth-order valence-electron chi connectivity index (χ4n) is 8.28. The first-order valence-electron chi connectivity index (χ1n) is 18.3. The average molecular weight is 707 g/mol. The van der Waals surface area contributed by atoms with Crippen LogP contribution in [-0.2, 0) is 12.8 Å². The van der Waals surface area contributed by atoms with Crippen molar-refractivity contribution in [1.82, 2.24) is 19.9 Å². The molecule has 0 atom stereocenters. The summed E-state index contributed by atoms with van der Waals surface area (Å²) in [5, 5.41) is 6.81. The van der Waals surface area contributed by atoms with Gasteiger partial charge in [0.2, 0.25) is 0 Å². The van der Waals surface area contributed by atoms with Gasteiger partial charge in [0.05, 0.1) is 33.9 Å². The predicted octanol–water partition coefficient (Wildman–Crippen LogP) is 10.5. The maximum atomic E-state index is 13.9. The maximum absolute atomic E-state index is 13.9. The smallest absolute Gasteiger partial charge is 0.167 e. The minimum atomic E-state index is -0.306. The monoisotopic (exact) mass is 706 g/mol. The summed E-state index contributed by atoms with van der Waals surface area (Å²) in [7, 11) is 0. The molecule has 0 unspecified atom stereocenters. The molecule has 1 fully saturated rings. The van der Waals surface area contributed by atoms with Crippen LogP contribution in [0.2, 0.25) is 0 Å². The van der Waals surface area contributed by atoms with Gasteiger partial charge in [-0.2, -0.15) is 0 Å². The molecule has 3 aliphatic carbocycles. The molecular weight excluding hydrogens is 664 g/mol. The van der Waals surface area contributed by atoms with Crippen molar-refractivity contribution in [2.45, 2.75) is 65.7 Å². The number of aromatic amines is 2. The lowest BCUT2D eigenvalue weighted by Crippen LogP contribution is -2.38. The van der Waals surface area contributed by atoms with Crippen LogP contribution in [0.15, 0.2) is 97.6 Å². The molecule has 0 bridgehead atoms. The minimum Gasteiger partial charge on any atom is -0.356 e. The van der Waals surface area contributed by atoms with Crippen LogP contribution in [0.4, 0.5) is 27.1 Å². The van der Waals surface area contributed by atoms with Crippen molar-refractivity contribution in [3.8, 4) is 22.5 Å².